The van der Waals surface area contributed by atoms with E-state index in [1.54, 1.807) is 6.92 Å². The third-order valence-corrected chi connectivity index (χ3v) is 4.66. The molecule has 0 unspecified atom stereocenters. The number of hydrogen-bond acceptors (Lipinski definition) is 7. The number of pyridine rings is 2. The number of aryl methyl sites for hydroxylation is 1. The highest BCUT2D eigenvalue weighted by molar-refractivity contribution is 6.03. The summed E-state index contributed by atoms with van der Waals surface area (Å²) in [5, 5.41) is 11.3. The minimum atomic E-state index is -4.70. The molecule has 0 saturated heterocycles. The molecule has 3 rings (SSSR count). The smallest absolute Gasteiger partial charge is 0.411 e. The summed E-state index contributed by atoms with van der Waals surface area (Å²) in [5.74, 6) is -1.76. The second kappa shape index (κ2) is 7.82. The van der Waals surface area contributed by atoms with Crippen molar-refractivity contribution in [3.63, 3.8) is 0 Å². The van der Waals surface area contributed by atoms with Crippen LogP contribution in [-0.4, -0.2) is 34.1 Å². The van der Waals surface area contributed by atoms with Crippen molar-refractivity contribution < 1.29 is 27.1 Å². The number of ether oxygens (including phenoxy) is 1. The number of anilines is 1. The number of amidine groups is 1. The number of nitrogens with two attached hydrogens (primary N) is 1. The number of nitriles is 1. The molecule has 0 saturated carbocycles. The number of aliphatic imine (C=N–C) groups is 1. The quantitative estimate of drug-likeness (QED) is 0.563. The number of carbonyl (C=O) groups is 1. The summed E-state index contributed by atoms with van der Waals surface area (Å²) in [5.41, 5.74) is 3.95. The second-order valence-electron chi connectivity index (χ2n) is 7.08. The van der Waals surface area contributed by atoms with Crippen LogP contribution in [-0.2, 0) is 10.3 Å². The molecule has 0 bridgehead atoms. The molecule has 1 amide bonds. The lowest BCUT2D eigenvalue weighted by Crippen LogP contribution is -2.46. The Bertz CT molecular complexity index is 1110. The first-order chi connectivity index (χ1) is 14.4. The standard InChI is InChI=1S/C19H16F4N6O2/c1-9-3-10(6-24)7-26-14(9)16(30)28-11-4-12(15(20)27-8-11)18(2)5-13(19(21,22)23)29-17(25)31-18/h3-4,7-8,13H,5H2,1-2H3,(H2,25,29)(H,28,30)/t13-,18-/m0/s1. The molecule has 31 heavy (non-hydrogen) atoms. The van der Waals surface area contributed by atoms with Crippen molar-refractivity contribution in [3.8, 4) is 6.07 Å². The van der Waals surface area contributed by atoms with Crippen LogP contribution in [0.3, 0.4) is 0 Å². The SMILES string of the molecule is Cc1cc(C#N)cnc1C(=O)Nc1cnc(F)c([C@]2(C)C[C@@H](C(F)(F)F)N=C(N)O2)c1. The maximum Gasteiger partial charge on any atom is 0.411 e. The third kappa shape index (κ3) is 4.55. The number of nitrogens with zero attached hydrogens (tertiary/aromatic N) is 4. The van der Waals surface area contributed by atoms with Crippen LogP contribution in [0.5, 0.6) is 0 Å². The number of amides is 1. The molecule has 12 heteroatoms. The van der Waals surface area contributed by atoms with Gasteiger partial charge >= 0.3 is 6.18 Å². The summed E-state index contributed by atoms with van der Waals surface area (Å²) in [6, 6.07) is 1.56. The normalized spacial score (nSPS) is 20.9. The van der Waals surface area contributed by atoms with Crippen molar-refractivity contribution in [1.29, 1.82) is 5.26 Å². The van der Waals surface area contributed by atoms with E-state index in [9.17, 15) is 22.4 Å². The van der Waals surface area contributed by atoms with Crippen LogP contribution >= 0.6 is 0 Å². The van der Waals surface area contributed by atoms with Gasteiger partial charge in [0.1, 0.15) is 17.4 Å². The van der Waals surface area contributed by atoms with Crippen LogP contribution < -0.4 is 11.1 Å². The molecular weight excluding hydrogens is 420 g/mol. The van der Waals surface area contributed by atoms with Crippen molar-refractivity contribution in [3.05, 3.63) is 52.9 Å². The van der Waals surface area contributed by atoms with Crippen LogP contribution in [0.2, 0.25) is 0 Å². The van der Waals surface area contributed by atoms with Gasteiger partial charge in [-0.2, -0.15) is 22.8 Å². The van der Waals surface area contributed by atoms with Crippen molar-refractivity contribution >= 4 is 17.6 Å². The highest BCUT2D eigenvalue weighted by atomic mass is 19.4. The predicted molar refractivity (Wildman–Crippen MR) is 100 cm³/mol. The number of aromatic nitrogens is 2. The molecule has 1 aliphatic rings. The average Bonchev–Trinajstić information content (AvgIpc) is 2.67. The first kappa shape index (κ1) is 21.9. The molecule has 0 aromatic carbocycles. The predicted octanol–water partition coefficient (Wildman–Crippen LogP) is 2.93. The van der Waals surface area contributed by atoms with E-state index < -0.39 is 42.1 Å². The maximum atomic E-state index is 14.4. The Morgan fingerprint density at radius 3 is 2.68 bits per heavy atom. The van der Waals surface area contributed by atoms with E-state index in [1.165, 1.54) is 19.2 Å². The zero-order valence-electron chi connectivity index (χ0n) is 16.3. The Balaban J connectivity index is 1.91. The highest BCUT2D eigenvalue weighted by Crippen LogP contribution is 2.40. The van der Waals surface area contributed by atoms with Gasteiger partial charge in [0.2, 0.25) is 5.95 Å². The van der Waals surface area contributed by atoms with E-state index in [4.69, 9.17) is 15.7 Å². The molecule has 2 atom stereocenters. The lowest BCUT2D eigenvalue weighted by atomic mass is 9.88. The van der Waals surface area contributed by atoms with Crippen LogP contribution in [0, 0.1) is 24.2 Å². The molecule has 1 aliphatic heterocycles. The molecule has 0 aliphatic carbocycles. The van der Waals surface area contributed by atoms with E-state index in [0.717, 1.165) is 12.3 Å². The summed E-state index contributed by atoms with van der Waals surface area (Å²) >= 11 is 0. The maximum absolute atomic E-state index is 14.4. The van der Waals surface area contributed by atoms with Crippen LogP contribution in [0.25, 0.3) is 0 Å². The van der Waals surface area contributed by atoms with Gasteiger partial charge in [-0.3, -0.25) is 4.79 Å². The van der Waals surface area contributed by atoms with Gasteiger partial charge in [0, 0.05) is 12.6 Å². The highest BCUT2D eigenvalue weighted by Gasteiger charge is 2.49. The van der Waals surface area contributed by atoms with E-state index in [1.807, 2.05) is 6.07 Å². The molecule has 162 valence electrons. The summed E-state index contributed by atoms with van der Waals surface area (Å²) in [4.78, 5) is 23.2. The summed E-state index contributed by atoms with van der Waals surface area (Å²) < 4.78 is 59.3. The number of rotatable bonds is 3. The molecule has 3 heterocycles. The Hall–Kier alpha value is -3.75. The van der Waals surface area contributed by atoms with Crippen LogP contribution in [0.15, 0.2) is 29.5 Å². The molecule has 0 spiro atoms. The Kier molecular flexibility index (Phi) is 5.54. The van der Waals surface area contributed by atoms with Crippen LogP contribution in [0.4, 0.5) is 23.2 Å². The Morgan fingerprint density at radius 1 is 1.35 bits per heavy atom. The second-order valence-corrected chi connectivity index (χ2v) is 7.08. The van der Waals surface area contributed by atoms with Gasteiger partial charge in [-0.25, -0.2) is 15.0 Å². The molecule has 0 fully saturated rings. The van der Waals surface area contributed by atoms with E-state index in [0.29, 0.717) is 5.56 Å². The monoisotopic (exact) mass is 436 g/mol. The van der Waals surface area contributed by atoms with E-state index in [2.05, 4.69) is 20.3 Å². The number of alkyl halides is 3. The first-order valence-electron chi connectivity index (χ1n) is 8.86. The van der Waals surface area contributed by atoms with Gasteiger partial charge in [0.15, 0.2) is 6.04 Å². The lowest BCUT2D eigenvalue weighted by Gasteiger charge is -2.37. The zero-order valence-corrected chi connectivity index (χ0v) is 16.3. The number of halogens is 4. The number of hydrogen-bond donors (Lipinski definition) is 2. The summed E-state index contributed by atoms with van der Waals surface area (Å²) in [7, 11) is 0. The van der Waals surface area contributed by atoms with Crippen LogP contribution in [0.1, 0.15) is 40.5 Å². The van der Waals surface area contributed by atoms with Gasteiger partial charge in [-0.15, -0.1) is 0 Å². The fourth-order valence-corrected chi connectivity index (χ4v) is 3.17. The van der Waals surface area contributed by atoms with E-state index in [-0.39, 0.29) is 22.5 Å². The van der Waals surface area contributed by atoms with Gasteiger partial charge in [-0.05, 0) is 31.5 Å². The van der Waals surface area contributed by atoms with Gasteiger partial charge in [-0.1, -0.05) is 0 Å². The molecule has 2 aromatic rings. The zero-order chi connectivity index (χ0) is 23.0. The molecule has 8 nitrogen and oxygen atoms in total. The van der Waals surface area contributed by atoms with E-state index >= 15 is 0 Å². The minimum Gasteiger partial charge on any atom is -0.454 e. The topological polar surface area (TPSA) is 126 Å². The lowest BCUT2D eigenvalue weighted by molar-refractivity contribution is -0.164. The summed E-state index contributed by atoms with van der Waals surface area (Å²) in [6.45, 7) is 2.80. The first-order valence-corrected chi connectivity index (χ1v) is 8.86. The molecular formula is C19H16F4N6O2. The molecule has 0 radical (unpaired) electrons. The van der Waals surface area contributed by atoms with Crippen molar-refractivity contribution in [2.45, 2.75) is 38.1 Å². The number of carbonyl (C=O) groups excluding carboxylic acids is 1. The number of nitrogens with one attached hydrogen (secondary N) is 1. The van der Waals surface area contributed by atoms with Crippen molar-refractivity contribution in [2.24, 2.45) is 10.7 Å². The minimum absolute atomic E-state index is 0.00132. The van der Waals surface area contributed by atoms with Gasteiger partial charge in [0.25, 0.3) is 11.9 Å². The van der Waals surface area contributed by atoms with Gasteiger partial charge < -0.3 is 15.8 Å². The van der Waals surface area contributed by atoms with Crippen molar-refractivity contribution in [1.82, 2.24) is 9.97 Å². The third-order valence-electron chi connectivity index (χ3n) is 4.66. The fourth-order valence-electron chi connectivity index (χ4n) is 3.17. The Labute approximate surface area is 173 Å². The Morgan fingerprint density at radius 2 is 2.06 bits per heavy atom. The molecule has 2 aromatic heterocycles. The average molecular weight is 436 g/mol. The fraction of sp³-hybridized carbons (Fsp3) is 0.316. The summed E-state index contributed by atoms with van der Waals surface area (Å²) in [6.07, 6.45) is -3.22. The molecule has 3 N–H and O–H groups in total. The van der Waals surface area contributed by atoms with Gasteiger partial charge in [0.05, 0.1) is 23.0 Å². The largest absolute Gasteiger partial charge is 0.454 e. The van der Waals surface area contributed by atoms with Crippen molar-refractivity contribution in [2.75, 3.05) is 5.32 Å².